The zero-order chi connectivity index (χ0) is 29.5. The number of anilines is 3. The van der Waals surface area contributed by atoms with Gasteiger partial charge in [-0.3, -0.25) is 19.5 Å². The van der Waals surface area contributed by atoms with E-state index in [1.165, 1.54) is 48.5 Å². The van der Waals surface area contributed by atoms with Crippen molar-refractivity contribution in [3.05, 3.63) is 87.7 Å². The summed E-state index contributed by atoms with van der Waals surface area (Å²) in [6, 6.07) is 14.8. The smallest absolute Gasteiger partial charge is 0.269 e. The normalized spacial score (nSPS) is 19.7. The van der Waals surface area contributed by atoms with E-state index in [-0.39, 0.29) is 22.7 Å². The third kappa shape index (κ3) is 5.32. The molecule has 1 amide bonds. The van der Waals surface area contributed by atoms with E-state index in [1.54, 1.807) is 0 Å². The minimum atomic E-state index is -3.69. The van der Waals surface area contributed by atoms with Crippen molar-refractivity contribution in [3.63, 3.8) is 0 Å². The number of amides is 1. The van der Waals surface area contributed by atoms with Gasteiger partial charge in [-0.15, -0.1) is 0 Å². The first kappa shape index (κ1) is 28.7. The Morgan fingerprint density at radius 1 is 1.10 bits per heavy atom. The standard InChI is InChI=1S/C29H33FN5O5P/c1-19-29(2,3)24-17-27(25(18-26(24)33(19)4)31-28(36)20-5-7-21(30)8-6-20)41(39,34-13-15-40-16-14-34)32-22-9-11-23(12-10-22)35(37)38/h5-12,17-19H,13-16H2,1-4H3,(H,31,36)(H,32,39). The number of halogens is 1. The van der Waals surface area contributed by atoms with Gasteiger partial charge in [-0.25, -0.2) is 9.06 Å². The number of benzene rings is 3. The quantitative estimate of drug-likeness (QED) is 0.218. The molecule has 0 aromatic heterocycles. The summed E-state index contributed by atoms with van der Waals surface area (Å²) in [5.41, 5.74) is 2.57. The first-order chi connectivity index (χ1) is 19.4. The molecule has 2 aliphatic rings. The van der Waals surface area contributed by atoms with Crippen LogP contribution in [0.3, 0.4) is 0 Å². The van der Waals surface area contributed by atoms with E-state index < -0.39 is 24.1 Å². The van der Waals surface area contributed by atoms with Gasteiger partial charge in [0.2, 0.25) is 0 Å². The molecule has 5 rings (SSSR count). The molecule has 0 bridgehead atoms. The largest absolute Gasteiger partial charge is 0.379 e. The van der Waals surface area contributed by atoms with Crippen LogP contribution < -0.4 is 20.6 Å². The van der Waals surface area contributed by atoms with Gasteiger partial charge in [-0.1, -0.05) is 13.8 Å². The molecule has 0 radical (unpaired) electrons. The van der Waals surface area contributed by atoms with Crippen LogP contribution in [0.4, 0.5) is 27.1 Å². The third-order valence-corrected chi connectivity index (χ3v) is 11.0. The molecule has 1 fully saturated rings. The van der Waals surface area contributed by atoms with Crippen molar-refractivity contribution in [3.8, 4) is 0 Å². The van der Waals surface area contributed by atoms with Crippen molar-refractivity contribution < 1.29 is 23.4 Å². The summed E-state index contributed by atoms with van der Waals surface area (Å²) in [5, 5.41) is 17.8. The lowest BCUT2D eigenvalue weighted by Crippen LogP contribution is -2.40. The lowest BCUT2D eigenvalue weighted by Gasteiger charge is -2.36. The van der Waals surface area contributed by atoms with Crippen LogP contribution in [0.5, 0.6) is 0 Å². The van der Waals surface area contributed by atoms with Crippen molar-refractivity contribution in [2.24, 2.45) is 0 Å². The summed E-state index contributed by atoms with van der Waals surface area (Å²) >= 11 is 0. The molecule has 3 aromatic carbocycles. The number of nitro benzene ring substituents is 1. The summed E-state index contributed by atoms with van der Waals surface area (Å²) in [4.78, 5) is 26.2. The molecule has 2 unspecified atom stereocenters. The fourth-order valence-corrected chi connectivity index (χ4v) is 7.94. The highest BCUT2D eigenvalue weighted by atomic mass is 31.2. The van der Waals surface area contributed by atoms with E-state index in [4.69, 9.17) is 4.74 Å². The first-order valence-electron chi connectivity index (χ1n) is 13.4. The summed E-state index contributed by atoms with van der Waals surface area (Å²) < 4.78 is 36.2. The second kappa shape index (κ2) is 10.9. The average molecular weight is 582 g/mol. The number of nitro groups is 1. The number of non-ortho nitro benzene ring substituents is 1. The molecule has 216 valence electrons. The predicted molar refractivity (Wildman–Crippen MR) is 158 cm³/mol. The zero-order valence-electron chi connectivity index (χ0n) is 23.4. The Balaban J connectivity index is 1.67. The van der Waals surface area contributed by atoms with Crippen LogP contribution in [0.15, 0.2) is 60.7 Å². The maximum absolute atomic E-state index is 15.3. The lowest BCUT2D eigenvalue weighted by molar-refractivity contribution is -0.384. The average Bonchev–Trinajstić information content (AvgIpc) is 3.12. The van der Waals surface area contributed by atoms with Gasteiger partial charge in [0, 0.05) is 60.7 Å². The number of nitrogens with one attached hydrogen (secondary N) is 2. The number of nitrogens with zero attached hydrogens (tertiary/aromatic N) is 3. The van der Waals surface area contributed by atoms with E-state index in [0.29, 0.717) is 43.0 Å². The SMILES string of the molecule is CC1N(C)c2cc(NC(=O)c3ccc(F)cc3)c(P(=O)(Nc3ccc([N+](=O)[O-])cc3)N3CCOCC3)cc2C1(C)C. The van der Waals surface area contributed by atoms with Crippen LogP contribution in [0.2, 0.25) is 0 Å². The number of likely N-dealkylation sites (N-methyl/N-ethyl adjacent to an activating group) is 1. The number of fused-ring (bicyclic) bond motifs is 1. The van der Waals surface area contributed by atoms with Crippen LogP contribution in [-0.2, 0) is 14.7 Å². The maximum atomic E-state index is 15.3. The Hall–Kier alpha value is -3.79. The molecular weight excluding hydrogens is 548 g/mol. The lowest BCUT2D eigenvalue weighted by atomic mass is 9.81. The van der Waals surface area contributed by atoms with Crippen molar-refractivity contribution in [2.75, 3.05) is 48.7 Å². The first-order valence-corrected chi connectivity index (χ1v) is 15.0. The van der Waals surface area contributed by atoms with Gasteiger partial charge in [-0.05, 0) is 61.0 Å². The van der Waals surface area contributed by atoms with Gasteiger partial charge in [0.25, 0.3) is 19.0 Å². The van der Waals surface area contributed by atoms with Gasteiger partial charge in [-0.2, -0.15) is 0 Å². The minimum absolute atomic E-state index is 0.0830. The van der Waals surface area contributed by atoms with Crippen molar-refractivity contribution in [1.82, 2.24) is 4.67 Å². The third-order valence-electron chi connectivity index (χ3n) is 8.24. The molecule has 1 saturated heterocycles. The van der Waals surface area contributed by atoms with E-state index in [9.17, 15) is 19.3 Å². The maximum Gasteiger partial charge on any atom is 0.269 e. The molecule has 41 heavy (non-hydrogen) atoms. The zero-order valence-corrected chi connectivity index (χ0v) is 24.3. The van der Waals surface area contributed by atoms with E-state index >= 15 is 4.57 Å². The summed E-state index contributed by atoms with van der Waals surface area (Å²) in [5.74, 6) is -0.926. The van der Waals surface area contributed by atoms with Crippen LogP contribution in [0.25, 0.3) is 0 Å². The molecule has 10 nitrogen and oxygen atoms in total. The summed E-state index contributed by atoms with van der Waals surface area (Å²) in [6.45, 7) is 7.87. The highest BCUT2D eigenvalue weighted by Crippen LogP contribution is 2.54. The van der Waals surface area contributed by atoms with Crippen LogP contribution in [-0.4, -0.2) is 54.9 Å². The topological polar surface area (TPSA) is 117 Å². The Labute approximate surface area is 238 Å². The summed E-state index contributed by atoms with van der Waals surface area (Å²) in [7, 11) is -1.70. The Morgan fingerprint density at radius 2 is 1.73 bits per heavy atom. The predicted octanol–water partition coefficient (Wildman–Crippen LogP) is 5.36. The molecule has 2 N–H and O–H groups in total. The fraction of sp³-hybridized carbons (Fsp3) is 0.345. The van der Waals surface area contributed by atoms with E-state index in [1.807, 2.05) is 23.9 Å². The van der Waals surface area contributed by atoms with Gasteiger partial charge in [0.15, 0.2) is 0 Å². The van der Waals surface area contributed by atoms with Gasteiger partial charge in [0.1, 0.15) is 5.82 Å². The number of rotatable bonds is 7. The van der Waals surface area contributed by atoms with Crippen LogP contribution in [0, 0.1) is 15.9 Å². The molecule has 2 heterocycles. The Bertz CT molecular complexity index is 1520. The number of carbonyl (C=O) groups excluding carboxylic acids is 1. The number of ether oxygens (including phenoxy) is 1. The molecule has 0 saturated carbocycles. The molecule has 2 aliphatic heterocycles. The van der Waals surface area contributed by atoms with Crippen molar-refractivity contribution in [1.29, 1.82) is 0 Å². The van der Waals surface area contributed by atoms with Crippen LogP contribution >= 0.6 is 7.44 Å². The number of hydrogen-bond acceptors (Lipinski definition) is 6. The van der Waals surface area contributed by atoms with Crippen molar-refractivity contribution in [2.45, 2.75) is 32.2 Å². The fourth-order valence-electron chi connectivity index (χ4n) is 5.40. The van der Waals surface area contributed by atoms with Gasteiger partial charge < -0.3 is 20.0 Å². The molecule has 12 heteroatoms. The number of morpholine rings is 1. The molecule has 2 atom stereocenters. The number of carbonyl (C=O) groups is 1. The summed E-state index contributed by atoms with van der Waals surface area (Å²) in [6.07, 6.45) is 0. The second-order valence-corrected chi connectivity index (χ2v) is 13.3. The molecule has 0 spiro atoms. The molecule has 3 aromatic rings. The van der Waals surface area contributed by atoms with Gasteiger partial charge in [0.05, 0.1) is 29.1 Å². The number of hydrogen-bond donors (Lipinski definition) is 2. The molecular formula is C29H33FN5O5P. The Morgan fingerprint density at radius 3 is 2.34 bits per heavy atom. The second-order valence-electron chi connectivity index (χ2n) is 10.9. The van der Waals surface area contributed by atoms with Crippen LogP contribution in [0.1, 0.15) is 36.7 Å². The van der Waals surface area contributed by atoms with E-state index in [2.05, 4.69) is 36.1 Å². The van der Waals surface area contributed by atoms with Gasteiger partial charge >= 0.3 is 0 Å². The molecule has 0 aliphatic carbocycles. The highest BCUT2D eigenvalue weighted by molar-refractivity contribution is 7.71. The Kier molecular flexibility index (Phi) is 7.63. The van der Waals surface area contributed by atoms with E-state index in [0.717, 1.165) is 11.3 Å². The van der Waals surface area contributed by atoms with Crippen molar-refractivity contribution >= 4 is 41.4 Å². The minimum Gasteiger partial charge on any atom is -0.379 e. The monoisotopic (exact) mass is 581 g/mol. The highest BCUT2D eigenvalue weighted by Gasteiger charge is 2.44.